The van der Waals surface area contributed by atoms with Gasteiger partial charge in [-0.05, 0) is 49.2 Å². The van der Waals surface area contributed by atoms with Crippen molar-refractivity contribution in [2.24, 2.45) is 0 Å². The standard InChI is InChI=1S/C21H18N2O2S/c1-15-8-10-16(11-9-15)26(24,25)23-19-6-3-2-5-17(19)18-12-14-22-13-4-7-20(22)21(18)23/h2-11,13H,12,14H2,1H3. The van der Waals surface area contributed by atoms with E-state index in [0.717, 1.165) is 46.4 Å². The molecule has 0 spiro atoms. The maximum absolute atomic E-state index is 13.6. The molecule has 0 bridgehead atoms. The average molecular weight is 362 g/mol. The fourth-order valence-corrected chi connectivity index (χ4v) is 5.46. The van der Waals surface area contributed by atoms with Gasteiger partial charge in [-0.25, -0.2) is 12.4 Å². The summed E-state index contributed by atoms with van der Waals surface area (Å²) in [6.45, 7) is 2.82. The van der Waals surface area contributed by atoms with Crippen molar-refractivity contribution in [1.29, 1.82) is 0 Å². The minimum atomic E-state index is -3.70. The van der Waals surface area contributed by atoms with Crippen LogP contribution < -0.4 is 0 Å². The first-order valence-corrected chi connectivity index (χ1v) is 10.1. The highest BCUT2D eigenvalue weighted by Gasteiger charge is 2.30. The Balaban J connectivity index is 1.90. The molecular formula is C21H18N2O2S. The third-order valence-corrected chi connectivity index (χ3v) is 6.90. The smallest absolute Gasteiger partial charge is 0.268 e. The van der Waals surface area contributed by atoms with E-state index in [1.807, 2.05) is 61.7 Å². The first-order valence-electron chi connectivity index (χ1n) is 8.67. The highest BCUT2D eigenvalue weighted by Crippen LogP contribution is 2.39. The number of aryl methyl sites for hydroxylation is 3. The predicted molar refractivity (Wildman–Crippen MR) is 103 cm³/mol. The Kier molecular flexibility index (Phi) is 3.18. The first-order chi connectivity index (χ1) is 12.6. The van der Waals surface area contributed by atoms with Gasteiger partial charge in [0, 0.05) is 18.1 Å². The van der Waals surface area contributed by atoms with Gasteiger partial charge in [0.1, 0.15) is 0 Å². The Bertz CT molecular complexity index is 1250. The van der Waals surface area contributed by atoms with E-state index in [4.69, 9.17) is 0 Å². The Labute approximate surface area is 152 Å². The number of hydrogen-bond acceptors (Lipinski definition) is 2. The second kappa shape index (κ2) is 5.35. The van der Waals surface area contributed by atoms with Crippen LogP contribution in [0.3, 0.4) is 0 Å². The van der Waals surface area contributed by atoms with E-state index in [-0.39, 0.29) is 0 Å². The molecule has 1 aliphatic heterocycles. The highest BCUT2D eigenvalue weighted by atomic mass is 32.2. The molecule has 5 heteroatoms. The van der Waals surface area contributed by atoms with Crippen LogP contribution in [0.1, 0.15) is 11.1 Å². The van der Waals surface area contributed by atoms with Crippen molar-refractivity contribution in [1.82, 2.24) is 8.54 Å². The van der Waals surface area contributed by atoms with Gasteiger partial charge in [0.05, 0.1) is 21.8 Å². The molecule has 4 aromatic rings. The normalized spacial score (nSPS) is 13.6. The average Bonchev–Trinajstić information content (AvgIpc) is 3.24. The molecule has 2 aromatic carbocycles. The minimum Gasteiger partial charge on any atom is -0.346 e. The molecule has 3 heterocycles. The predicted octanol–water partition coefficient (Wildman–Crippen LogP) is 4.21. The fourth-order valence-electron chi connectivity index (χ4n) is 3.91. The lowest BCUT2D eigenvalue weighted by molar-refractivity contribution is 0.588. The second-order valence-corrected chi connectivity index (χ2v) is 8.55. The van der Waals surface area contributed by atoms with Crippen LogP contribution in [-0.2, 0) is 23.0 Å². The first kappa shape index (κ1) is 15.5. The van der Waals surface area contributed by atoms with Crippen LogP contribution in [0.2, 0.25) is 0 Å². The fraction of sp³-hybridized carbons (Fsp3) is 0.143. The van der Waals surface area contributed by atoms with Crippen LogP contribution in [0.15, 0.2) is 71.8 Å². The summed E-state index contributed by atoms with van der Waals surface area (Å²) in [5.74, 6) is 0. The molecule has 0 fully saturated rings. The third-order valence-electron chi connectivity index (χ3n) is 5.17. The van der Waals surface area contributed by atoms with Crippen molar-refractivity contribution in [3.63, 3.8) is 0 Å². The molecule has 0 unspecified atom stereocenters. The summed E-state index contributed by atoms with van der Waals surface area (Å²) >= 11 is 0. The maximum atomic E-state index is 13.6. The van der Waals surface area contributed by atoms with Gasteiger partial charge in [-0.2, -0.15) is 0 Å². The van der Waals surface area contributed by atoms with Crippen molar-refractivity contribution >= 4 is 20.9 Å². The van der Waals surface area contributed by atoms with Crippen LogP contribution in [0.4, 0.5) is 0 Å². The van der Waals surface area contributed by atoms with Crippen LogP contribution in [0.25, 0.3) is 22.3 Å². The van der Waals surface area contributed by atoms with Gasteiger partial charge in [0.15, 0.2) is 0 Å². The number of hydrogen-bond donors (Lipinski definition) is 0. The topological polar surface area (TPSA) is 44.0 Å². The molecule has 5 rings (SSSR count). The molecule has 0 saturated heterocycles. The van der Waals surface area contributed by atoms with E-state index in [1.165, 1.54) is 3.97 Å². The SMILES string of the molecule is Cc1ccc(S(=O)(=O)n2c3c(c4ccccc42)CCn2cccc2-3)cc1. The minimum absolute atomic E-state index is 0.315. The lowest BCUT2D eigenvalue weighted by Gasteiger charge is -2.19. The molecule has 2 aromatic heterocycles. The zero-order valence-corrected chi connectivity index (χ0v) is 15.2. The monoisotopic (exact) mass is 362 g/mol. The van der Waals surface area contributed by atoms with Crippen LogP contribution >= 0.6 is 0 Å². The van der Waals surface area contributed by atoms with Crippen molar-refractivity contribution in [3.8, 4) is 11.4 Å². The van der Waals surface area contributed by atoms with Crippen molar-refractivity contribution in [2.75, 3.05) is 0 Å². The van der Waals surface area contributed by atoms with Crippen molar-refractivity contribution in [2.45, 2.75) is 24.8 Å². The summed E-state index contributed by atoms with van der Waals surface area (Å²) in [4.78, 5) is 0.315. The van der Waals surface area contributed by atoms with Crippen LogP contribution in [0, 0.1) is 6.92 Å². The van der Waals surface area contributed by atoms with Crippen molar-refractivity contribution in [3.05, 3.63) is 78.0 Å². The van der Waals surface area contributed by atoms with Gasteiger partial charge in [-0.3, -0.25) is 0 Å². The lowest BCUT2D eigenvalue weighted by Crippen LogP contribution is -2.18. The summed E-state index contributed by atoms with van der Waals surface area (Å²) < 4.78 is 30.8. The van der Waals surface area contributed by atoms with Gasteiger partial charge >= 0.3 is 0 Å². The molecule has 4 nitrogen and oxygen atoms in total. The Morgan fingerprint density at radius 3 is 2.50 bits per heavy atom. The van der Waals surface area contributed by atoms with E-state index < -0.39 is 10.0 Å². The second-order valence-electron chi connectivity index (χ2n) is 6.76. The molecule has 0 atom stereocenters. The van der Waals surface area contributed by atoms with E-state index >= 15 is 0 Å². The molecular weight excluding hydrogens is 344 g/mol. The zero-order valence-electron chi connectivity index (χ0n) is 14.4. The van der Waals surface area contributed by atoms with E-state index in [1.54, 1.807) is 12.1 Å². The van der Waals surface area contributed by atoms with E-state index in [0.29, 0.717) is 4.90 Å². The quantitative estimate of drug-likeness (QED) is 0.536. The van der Waals surface area contributed by atoms with E-state index in [9.17, 15) is 8.42 Å². The molecule has 1 aliphatic rings. The largest absolute Gasteiger partial charge is 0.346 e. The van der Waals surface area contributed by atoms with Gasteiger partial charge in [0.25, 0.3) is 10.0 Å². The third kappa shape index (κ3) is 2.04. The summed E-state index contributed by atoms with van der Waals surface area (Å²) in [5, 5.41) is 1.02. The Morgan fingerprint density at radius 2 is 1.69 bits per heavy atom. The molecule has 130 valence electrons. The Morgan fingerprint density at radius 1 is 0.923 bits per heavy atom. The summed E-state index contributed by atoms with van der Waals surface area (Å²) in [6, 6.07) is 18.8. The zero-order chi connectivity index (χ0) is 17.9. The van der Waals surface area contributed by atoms with Gasteiger partial charge in [-0.1, -0.05) is 35.9 Å². The number of rotatable bonds is 2. The molecule has 0 N–H and O–H groups in total. The molecule has 26 heavy (non-hydrogen) atoms. The van der Waals surface area contributed by atoms with Crippen LogP contribution in [0.5, 0.6) is 0 Å². The molecule has 0 aliphatic carbocycles. The molecule has 0 radical (unpaired) electrons. The number of benzene rings is 2. The number of nitrogens with zero attached hydrogens (tertiary/aromatic N) is 2. The summed E-state index contributed by atoms with van der Waals surface area (Å²) in [5.41, 5.74) is 4.65. The van der Waals surface area contributed by atoms with Gasteiger partial charge in [0.2, 0.25) is 0 Å². The number of aromatic nitrogens is 2. The lowest BCUT2D eigenvalue weighted by atomic mass is 10.0. The number of para-hydroxylation sites is 1. The highest BCUT2D eigenvalue weighted by molar-refractivity contribution is 7.90. The van der Waals surface area contributed by atoms with Gasteiger partial charge in [-0.15, -0.1) is 0 Å². The summed E-state index contributed by atoms with van der Waals surface area (Å²) in [7, 11) is -3.70. The summed E-state index contributed by atoms with van der Waals surface area (Å²) in [6.07, 6.45) is 2.84. The molecule has 0 saturated carbocycles. The number of fused-ring (bicyclic) bond motifs is 5. The van der Waals surface area contributed by atoms with Crippen LogP contribution in [-0.4, -0.2) is 17.0 Å². The molecule has 0 amide bonds. The van der Waals surface area contributed by atoms with Gasteiger partial charge < -0.3 is 4.57 Å². The Hall–Kier alpha value is -2.79. The van der Waals surface area contributed by atoms with E-state index in [2.05, 4.69) is 4.57 Å². The maximum Gasteiger partial charge on any atom is 0.268 e. The van der Waals surface area contributed by atoms with Crippen molar-refractivity contribution < 1.29 is 8.42 Å².